The van der Waals surface area contributed by atoms with Gasteiger partial charge in [-0.05, 0) is 41.8 Å². The smallest absolute Gasteiger partial charge is 0.0401 e. The van der Waals surface area contributed by atoms with E-state index in [1.165, 1.54) is 16.8 Å². The molecule has 0 aliphatic carbocycles. The molecular weight excluding hydrogens is 196 g/mol. The highest BCUT2D eigenvalue weighted by molar-refractivity contribution is 5.46. The van der Waals surface area contributed by atoms with Crippen LogP contribution in [0, 0.1) is 0 Å². The van der Waals surface area contributed by atoms with E-state index in [1.54, 1.807) is 0 Å². The van der Waals surface area contributed by atoms with Gasteiger partial charge in [-0.2, -0.15) is 0 Å². The second kappa shape index (κ2) is 5.31. The van der Waals surface area contributed by atoms with Crippen LogP contribution in [0.1, 0.15) is 18.1 Å². The van der Waals surface area contributed by atoms with Gasteiger partial charge in [0.2, 0.25) is 0 Å². The lowest BCUT2D eigenvalue weighted by Crippen LogP contribution is -1.99. The number of nitrogens with one attached hydrogen (secondary N) is 1. The van der Waals surface area contributed by atoms with Crippen molar-refractivity contribution in [1.29, 1.82) is 0 Å². The number of nitrogens with zero attached hydrogens (tertiary/aromatic N) is 1. The Kier molecular flexibility index (Phi) is 3.54. The van der Waals surface area contributed by atoms with Gasteiger partial charge in [-0.15, -0.1) is 0 Å². The van der Waals surface area contributed by atoms with E-state index >= 15 is 0 Å². The van der Waals surface area contributed by atoms with Gasteiger partial charge < -0.3 is 5.32 Å². The Morgan fingerprint density at radius 3 is 2.62 bits per heavy atom. The first kappa shape index (κ1) is 10.7. The highest BCUT2D eigenvalue weighted by Crippen LogP contribution is 2.12. The van der Waals surface area contributed by atoms with Crippen molar-refractivity contribution in [3.63, 3.8) is 0 Å². The van der Waals surface area contributed by atoms with Gasteiger partial charge in [0.25, 0.3) is 0 Å². The van der Waals surface area contributed by atoms with Crippen molar-refractivity contribution in [3.05, 3.63) is 59.9 Å². The third-order valence-corrected chi connectivity index (χ3v) is 2.58. The van der Waals surface area contributed by atoms with Crippen molar-refractivity contribution in [2.45, 2.75) is 19.9 Å². The molecule has 1 N–H and O–H groups in total. The van der Waals surface area contributed by atoms with Gasteiger partial charge >= 0.3 is 0 Å². The molecule has 82 valence electrons. The normalized spacial score (nSPS) is 10.1. The largest absolute Gasteiger partial charge is 0.381 e. The summed E-state index contributed by atoms with van der Waals surface area (Å²) in [6, 6.07) is 12.6. The third kappa shape index (κ3) is 2.83. The lowest BCUT2D eigenvalue weighted by atomic mass is 10.1. The van der Waals surface area contributed by atoms with Crippen LogP contribution in [0.2, 0.25) is 0 Å². The minimum Gasteiger partial charge on any atom is -0.381 e. The van der Waals surface area contributed by atoms with Crippen LogP contribution >= 0.6 is 0 Å². The third-order valence-electron chi connectivity index (χ3n) is 2.58. The second-order valence-corrected chi connectivity index (χ2v) is 3.76. The monoisotopic (exact) mass is 212 g/mol. The van der Waals surface area contributed by atoms with E-state index in [2.05, 4.69) is 41.5 Å². The summed E-state index contributed by atoms with van der Waals surface area (Å²) in [5.74, 6) is 0. The highest BCUT2D eigenvalue weighted by Gasteiger charge is 1.94. The van der Waals surface area contributed by atoms with E-state index in [0.717, 1.165) is 13.0 Å². The molecule has 1 heterocycles. The maximum atomic E-state index is 4.00. The van der Waals surface area contributed by atoms with Crippen molar-refractivity contribution in [2.75, 3.05) is 5.32 Å². The topological polar surface area (TPSA) is 24.9 Å². The fourth-order valence-corrected chi connectivity index (χ4v) is 1.61. The molecule has 2 heteroatoms. The van der Waals surface area contributed by atoms with E-state index in [9.17, 15) is 0 Å². The maximum absolute atomic E-state index is 4.00. The van der Waals surface area contributed by atoms with Crippen molar-refractivity contribution in [3.8, 4) is 0 Å². The van der Waals surface area contributed by atoms with Crippen LogP contribution in [0.25, 0.3) is 0 Å². The molecule has 2 rings (SSSR count). The van der Waals surface area contributed by atoms with Crippen LogP contribution in [-0.2, 0) is 13.0 Å². The standard InChI is InChI=1S/C14H16N2/c1-2-12-4-3-5-14(10-12)16-11-13-6-8-15-9-7-13/h3-10,16H,2,11H2,1H3. The number of anilines is 1. The van der Waals surface area contributed by atoms with Crippen molar-refractivity contribution < 1.29 is 0 Å². The number of benzene rings is 1. The molecule has 0 aliphatic rings. The van der Waals surface area contributed by atoms with Crippen LogP contribution in [0.3, 0.4) is 0 Å². The van der Waals surface area contributed by atoms with Gasteiger partial charge in [0, 0.05) is 24.6 Å². The van der Waals surface area contributed by atoms with Crippen LogP contribution in [0.4, 0.5) is 5.69 Å². The number of hydrogen-bond donors (Lipinski definition) is 1. The van der Waals surface area contributed by atoms with E-state index in [1.807, 2.05) is 24.5 Å². The molecule has 0 spiro atoms. The number of rotatable bonds is 4. The fraction of sp³-hybridized carbons (Fsp3) is 0.214. The molecule has 0 saturated carbocycles. The highest BCUT2D eigenvalue weighted by atomic mass is 14.9. The molecular formula is C14H16N2. The maximum Gasteiger partial charge on any atom is 0.0401 e. The molecule has 2 aromatic rings. The first-order valence-corrected chi connectivity index (χ1v) is 5.60. The summed E-state index contributed by atoms with van der Waals surface area (Å²) >= 11 is 0. The fourth-order valence-electron chi connectivity index (χ4n) is 1.61. The Labute approximate surface area is 96.4 Å². The molecule has 0 fully saturated rings. The number of hydrogen-bond acceptors (Lipinski definition) is 2. The minimum absolute atomic E-state index is 0.843. The first-order chi connectivity index (χ1) is 7.88. The molecule has 1 aromatic heterocycles. The van der Waals surface area contributed by atoms with E-state index in [-0.39, 0.29) is 0 Å². The minimum atomic E-state index is 0.843. The van der Waals surface area contributed by atoms with Crippen molar-refractivity contribution >= 4 is 5.69 Å². The van der Waals surface area contributed by atoms with E-state index in [4.69, 9.17) is 0 Å². The molecule has 0 atom stereocenters. The summed E-state index contributed by atoms with van der Waals surface area (Å²) in [5, 5.41) is 3.41. The van der Waals surface area contributed by atoms with Gasteiger partial charge in [-0.1, -0.05) is 19.1 Å². The number of aromatic nitrogens is 1. The second-order valence-electron chi connectivity index (χ2n) is 3.76. The Morgan fingerprint density at radius 1 is 1.06 bits per heavy atom. The summed E-state index contributed by atoms with van der Waals surface area (Å²) in [6.45, 7) is 3.01. The van der Waals surface area contributed by atoms with Crippen molar-refractivity contribution in [2.24, 2.45) is 0 Å². The quantitative estimate of drug-likeness (QED) is 0.841. The molecule has 0 saturated heterocycles. The summed E-state index contributed by atoms with van der Waals surface area (Å²) in [6.07, 6.45) is 4.71. The van der Waals surface area contributed by atoms with Crippen LogP contribution in [0.5, 0.6) is 0 Å². The molecule has 0 unspecified atom stereocenters. The first-order valence-electron chi connectivity index (χ1n) is 5.60. The zero-order valence-electron chi connectivity index (χ0n) is 9.48. The Bertz CT molecular complexity index is 437. The molecule has 0 amide bonds. The summed E-state index contributed by atoms with van der Waals surface area (Å²) in [4.78, 5) is 4.00. The summed E-state index contributed by atoms with van der Waals surface area (Å²) < 4.78 is 0. The van der Waals surface area contributed by atoms with Crippen molar-refractivity contribution in [1.82, 2.24) is 4.98 Å². The van der Waals surface area contributed by atoms with Gasteiger partial charge in [-0.25, -0.2) is 0 Å². The van der Waals surface area contributed by atoms with E-state index < -0.39 is 0 Å². The Balaban J connectivity index is 1.99. The lowest BCUT2D eigenvalue weighted by Gasteiger charge is -2.07. The Hall–Kier alpha value is -1.83. The van der Waals surface area contributed by atoms with Gasteiger partial charge in [0.15, 0.2) is 0 Å². The predicted molar refractivity (Wildman–Crippen MR) is 67.4 cm³/mol. The van der Waals surface area contributed by atoms with Gasteiger partial charge in [0.05, 0.1) is 0 Å². The average molecular weight is 212 g/mol. The average Bonchev–Trinajstić information content (AvgIpc) is 2.38. The molecule has 1 aromatic carbocycles. The molecule has 0 bridgehead atoms. The van der Waals surface area contributed by atoms with E-state index in [0.29, 0.717) is 0 Å². The molecule has 16 heavy (non-hydrogen) atoms. The molecule has 0 radical (unpaired) electrons. The molecule has 0 aliphatic heterocycles. The number of pyridine rings is 1. The SMILES string of the molecule is CCc1cccc(NCc2ccncc2)c1. The van der Waals surface area contributed by atoms with Crippen LogP contribution in [-0.4, -0.2) is 4.98 Å². The Morgan fingerprint density at radius 2 is 1.88 bits per heavy atom. The zero-order valence-corrected chi connectivity index (χ0v) is 9.48. The van der Waals surface area contributed by atoms with Gasteiger partial charge in [-0.3, -0.25) is 4.98 Å². The predicted octanol–water partition coefficient (Wildman–Crippen LogP) is 3.26. The summed E-state index contributed by atoms with van der Waals surface area (Å²) in [7, 11) is 0. The van der Waals surface area contributed by atoms with Crippen LogP contribution in [0.15, 0.2) is 48.8 Å². The zero-order chi connectivity index (χ0) is 11.2. The molecule has 2 nitrogen and oxygen atoms in total. The summed E-state index contributed by atoms with van der Waals surface area (Å²) in [5.41, 5.74) is 3.78. The number of aryl methyl sites for hydroxylation is 1. The van der Waals surface area contributed by atoms with Crippen LogP contribution < -0.4 is 5.32 Å². The lowest BCUT2D eigenvalue weighted by molar-refractivity contribution is 1.11. The van der Waals surface area contributed by atoms with Gasteiger partial charge in [0.1, 0.15) is 0 Å².